The van der Waals surface area contributed by atoms with Crippen molar-refractivity contribution in [3.63, 3.8) is 0 Å². The first kappa shape index (κ1) is 12.9. The van der Waals surface area contributed by atoms with Crippen molar-refractivity contribution in [2.45, 2.75) is 19.4 Å². The summed E-state index contributed by atoms with van der Waals surface area (Å²) >= 11 is 3.47. The molecule has 0 radical (unpaired) electrons. The Kier molecular flexibility index (Phi) is 3.30. The molecule has 0 N–H and O–H groups in total. The number of ether oxygens (including phenoxy) is 2. The molecule has 0 bridgehead atoms. The summed E-state index contributed by atoms with van der Waals surface area (Å²) in [4.78, 5) is 11.2. The molecular weight excluding hydrogens is 296 g/mol. The van der Waals surface area contributed by atoms with Crippen LogP contribution in [0.1, 0.15) is 13.8 Å². The van der Waals surface area contributed by atoms with Crippen LogP contribution in [0.3, 0.4) is 0 Å². The average Bonchev–Trinajstić information content (AvgIpc) is 2.29. The predicted octanol–water partition coefficient (Wildman–Crippen LogP) is 1.87. The number of rotatable bonds is 2. The van der Waals surface area contributed by atoms with Gasteiger partial charge in [-0.1, -0.05) is 22.5 Å². The molecule has 0 saturated carbocycles. The van der Waals surface area contributed by atoms with Crippen LogP contribution in [0, 0.1) is 0 Å². The highest BCUT2D eigenvalue weighted by molar-refractivity contribution is 9.10. The van der Waals surface area contributed by atoms with Crippen molar-refractivity contribution in [1.29, 1.82) is 0 Å². The van der Waals surface area contributed by atoms with E-state index in [0.717, 1.165) is 21.0 Å². The van der Waals surface area contributed by atoms with Crippen LogP contribution >= 0.6 is 15.9 Å². The third-order valence-electron chi connectivity index (χ3n) is 2.50. The number of benzene rings is 1. The van der Waals surface area contributed by atoms with Crippen molar-refractivity contribution in [2.75, 3.05) is 0 Å². The number of hydrogen-bond acceptors (Lipinski definition) is 3. The zero-order chi connectivity index (χ0) is 13.3. The lowest BCUT2D eigenvalue weighted by Gasteiger charge is -2.23. The van der Waals surface area contributed by atoms with E-state index in [4.69, 9.17) is 9.47 Å². The van der Waals surface area contributed by atoms with Crippen LogP contribution in [-0.2, 0) is 9.53 Å². The largest absolute Gasteiger partial charge is 0.491 e. The zero-order valence-corrected chi connectivity index (χ0v) is 11.8. The molecule has 1 aliphatic rings. The molecule has 2 rings (SSSR count). The molecule has 1 aliphatic heterocycles. The second-order valence-corrected chi connectivity index (χ2v) is 5.37. The summed E-state index contributed by atoms with van der Waals surface area (Å²) in [6.07, 6.45) is 4.82. The summed E-state index contributed by atoms with van der Waals surface area (Å²) in [5.41, 5.74) is -0.338. The van der Waals surface area contributed by atoms with Crippen molar-refractivity contribution < 1.29 is 14.3 Å². The van der Waals surface area contributed by atoms with E-state index < -0.39 is 5.97 Å². The van der Waals surface area contributed by atoms with Gasteiger partial charge in [-0.3, -0.25) is 0 Å². The molecule has 0 unspecified atom stereocenters. The van der Waals surface area contributed by atoms with Crippen molar-refractivity contribution in [1.82, 2.24) is 0 Å². The molecule has 4 heteroatoms. The Bertz CT molecular complexity index is 629. The molecule has 1 aromatic carbocycles. The van der Waals surface area contributed by atoms with Crippen LogP contribution in [0.4, 0.5) is 0 Å². The van der Waals surface area contributed by atoms with Crippen LogP contribution in [0.5, 0.6) is 5.75 Å². The van der Waals surface area contributed by atoms with Gasteiger partial charge in [-0.15, -0.1) is 0 Å². The number of carbonyl (C=O) groups excluding carboxylic acids is 1. The Morgan fingerprint density at radius 3 is 2.89 bits per heavy atom. The molecule has 0 aliphatic carbocycles. The van der Waals surface area contributed by atoms with E-state index in [9.17, 15) is 4.79 Å². The molecule has 0 spiro atoms. The smallest absolute Gasteiger partial charge is 0.335 e. The Labute approximate surface area is 114 Å². The minimum Gasteiger partial charge on any atom is -0.491 e. The van der Waals surface area contributed by atoms with E-state index in [1.807, 2.05) is 19.9 Å². The summed E-state index contributed by atoms with van der Waals surface area (Å²) < 4.78 is 11.5. The van der Waals surface area contributed by atoms with Crippen LogP contribution in [0.15, 0.2) is 29.3 Å². The molecular formula is C14H13BrO3. The van der Waals surface area contributed by atoms with Crippen molar-refractivity contribution in [2.24, 2.45) is 0 Å². The SMILES string of the molecule is C=CC(=O)Oc1cc(Br)c2c(c1)=COC(C)(C)C=2. The highest BCUT2D eigenvalue weighted by atomic mass is 79.9. The number of carbonyl (C=O) groups is 1. The Morgan fingerprint density at radius 1 is 1.50 bits per heavy atom. The summed E-state index contributed by atoms with van der Waals surface area (Å²) in [5.74, 6) is -0.0265. The second-order valence-electron chi connectivity index (χ2n) is 4.52. The molecule has 1 aromatic rings. The lowest BCUT2D eigenvalue weighted by molar-refractivity contribution is -0.128. The second kappa shape index (κ2) is 4.61. The van der Waals surface area contributed by atoms with Gasteiger partial charge in [0.15, 0.2) is 0 Å². The molecule has 0 aromatic heterocycles. The Balaban J connectivity index is 2.52. The fraction of sp³-hybridized carbons (Fsp3) is 0.214. The van der Waals surface area contributed by atoms with Gasteiger partial charge in [-0.25, -0.2) is 4.79 Å². The number of halogens is 1. The first-order valence-corrected chi connectivity index (χ1v) is 6.25. The van der Waals surface area contributed by atoms with E-state index >= 15 is 0 Å². The van der Waals surface area contributed by atoms with Gasteiger partial charge in [-0.05, 0) is 37.3 Å². The third-order valence-corrected chi connectivity index (χ3v) is 3.16. The summed E-state index contributed by atoms with van der Waals surface area (Å²) in [6.45, 7) is 7.31. The maximum atomic E-state index is 11.2. The van der Waals surface area contributed by atoms with Crippen molar-refractivity contribution >= 4 is 34.2 Å². The average molecular weight is 309 g/mol. The molecule has 3 nitrogen and oxygen atoms in total. The fourth-order valence-corrected chi connectivity index (χ4v) is 2.25. The van der Waals surface area contributed by atoms with E-state index in [1.165, 1.54) is 0 Å². The van der Waals surface area contributed by atoms with E-state index in [-0.39, 0.29) is 5.60 Å². The first-order valence-electron chi connectivity index (χ1n) is 5.46. The summed E-state index contributed by atoms with van der Waals surface area (Å²) in [7, 11) is 0. The number of hydrogen-bond donors (Lipinski definition) is 0. The summed E-state index contributed by atoms with van der Waals surface area (Å²) in [5, 5.41) is 1.90. The number of fused-ring (bicyclic) bond motifs is 1. The standard InChI is InChI=1S/C14H13BrO3/c1-4-13(16)18-10-5-9-8-17-14(2,3)7-11(9)12(15)6-10/h4-8H,1H2,2-3H3. The molecule has 1 heterocycles. The molecule has 0 saturated heterocycles. The normalized spacial score (nSPS) is 15.5. The fourth-order valence-electron chi connectivity index (χ4n) is 1.68. The molecule has 18 heavy (non-hydrogen) atoms. The maximum Gasteiger partial charge on any atom is 0.335 e. The molecule has 94 valence electrons. The van der Waals surface area contributed by atoms with Gasteiger partial charge in [0.1, 0.15) is 11.4 Å². The predicted molar refractivity (Wildman–Crippen MR) is 73.3 cm³/mol. The minimum absolute atomic E-state index is 0.338. The third kappa shape index (κ3) is 2.64. The van der Waals surface area contributed by atoms with Crippen LogP contribution in [0.2, 0.25) is 0 Å². The minimum atomic E-state index is -0.483. The number of esters is 1. The van der Waals surface area contributed by atoms with Gasteiger partial charge in [0.25, 0.3) is 0 Å². The van der Waals surface area contributed by atoms with Gasteiger partial charge < -0.3 is 9.47 Å². The zero-order valence-electron chi connectivity index (χ0n) is 10.2. The van der Waals surface area contributed by atoms with Crippen molar-refractivity contribution in [3.8, 4) is 5.75 Å². The molecule has 0 atom stereocenters. The topological polar surface area (TPSA) is 35.5 Å². The maximum absolute atomic E-state index is 11.2. The molecule has 0 fully saturated rings. The van der Waals surface area contributed by atoms with Crippen LogP contribution in [0.25, 0.3) is 12.3 Å². The van der Waals surface area contributed by atoms with Gasteiger partial charge in [-0.2, -0.15) is 0 Å². The Hall–Kier alpha value is -1.55. The first-order chi connectivity index (χ1) is 8.41. The van der Waals surface area contributed by atoms with E-state index in [1.54, 1.807) is 18.4 Å². The highest BCUT2D eigenvalue weighted by Gasteiger charge is 2.18. The van der Waals surface area contributed by atoms with Gasteiger partial charge in [0, 0.05) is 15.8 Å². The highest BCUT2D eigenvalue weighted by Crippen LogP contribution is 2.18. The van der Waals surface area contributed by atoms with Crippen molar-refractivity contribution in [3.05, 3.63) is 39.7 Å². The van der Waals surface area contributed by atoms with Gasteiger partial charge >= 0.3 is 5.97 Å². The lowest BCUT2D eigenvalue weighted by Crippen LogP contribution is -2.37. The van der Waals surface area contributed by atoms with Crippen LogP contribution < -0.4 is 15.2 Å². The summed E-state index contributed by atoms with van der Waals surface area (Å²) in [6, 6.07) is 3.51. The quantitative estimate of drug-likeness (QED) is 0.475. The Morgan fingerprint density at radius 2 is 2.22 bits per heavy atom. The monoisotopic (exact) mass is 308 g/mol. The molecule has 0 amide bonds. The van der Waals surface area contributed by atoms with E-state index in [2.05, 4.69) is 22.5 Å². The van der Waals surface area contributed by atoms with Gasteiger partial charge in [0.2, 0.25) is 0 Å². The van der Waals surface area contributed by atoms with Crippen LogP contribution in [-0.4, -0.2) is 11.6 Å². The van der Waals surface area contributed by atoms with Gasteiger partial charge in [0.05, 0.1) is 6.26 Å². The van der Waals surface area contributed by atoms with E-state index in [0.29, 0.717) is 5.75 Å². The lowest BCUT2D eigenvalue weighted by atomic mass is 10.0.